The molecule has 1 spiro atoms. The van der Waals surface area contributed by atoms with Crippen molar-refractivity contribution in [3.8, 4) is 11.4 Å². The molecule has 2 aliphatic heterocycles. The van der Waals surface area contributed by atoms with Crippen LogP contribution in [0.2, 0.25) is 0 Å². The van der Waals surface area contributed by atoms with Gasteiger partial charge in [-0.05, 0) is 45.7 Å². The summed E-state index contributed by atoms with van der Waals surface area (Å²) in [5, 5.41) is 3.37. The number of rotatable bonds is 2. The number of aromatic nitrogens is 3. The average Bonchev–Trinajstić information content (AvgIpc) is 3.16. The molecule has 4 heterocycles. The molecule has 0 aromatic carbocycles. The number of nitrogens with zero attached hydrogens (tertiary/aromatic N) is 5. The third kappa shape index (κ3) is 4.59. The minimum atomic E-state index is -4.68. The Balaban J connectivity index is 1.32. The van der Waals surface area contributed by atoms with Crippen molar-refractivity contribution >= 4 is 11.9 Å². The van der Waals surface area contributed by atoms with Crippen molar-refractivity contribution in [1.29, 1.82) is 0 Å². The molecule has 2 fully saturated rings. The number of hydrogen-bond donors (Lipinski definition) is 0. The zero-order chi connectivity index (χ0) is 22.4. The van der Waals surface area contributed by atoms with Crippen LogP contribution in [0.25, 0.3) is 11.4 Å². The molecule has 2 aromatic heterocycles. The van der Waals surface area contributed by atoms with E-state index in [2.05, 4.69) is 24.5 Å². The molecule has 168 valence electrons. The van der Waals surface area contributed by atoms with E-state index in [4.69, 9.17) is 4.74 Å². The maximum atomic E-state index is 12.6. The first-order valence-corrected chi connectivity index (χ1v) is 10.0. The topological polar surface area (TPSA) is 84.6 Å². The first-order valence-electron chi connectivity index (χ1n) is 10.0. The molecule has 0 saturated carbocycles. The number of ether oxygens (including phenoxy) is 1. The van der Waals surface area contributed by atoms with Crippen LogP contribution in [0.5, 0.6) is 0 Å². The predicted octanol–water partition coefficient (Wildman–Crippen LogP) is 3.99. The predicted molar refractivity (Wildman–Crippen MR) is 104 cm³/mol. The van der Waals surface area contributed by atoms with Crippen molar-refractivity contribution in [2.45, 2.75) is 45.4 Å². The fourth-order valence-corrected chi connectivity index (χ4v) is 3.91. The van der Waals surface area contributed by atoms with Gasteiger partial charge < -0.3 is 19.1 Å². The highest BCUT2D eigenvalue weighted by molar-refractivity contribution is 5.69. The molecule has 4 rings (SSSR count). The molecule has 2 aromatic rings. The number of carbonyl (C=O) groups excluding carboxylic acids is 1. The minimum Gasteiger partial charge on any atom is -0.444 e. The lowest BCUT2D eigenvalue weighted by Crippen LogP contribution is -2.62. The summed E-state index contributed by atoms with van der Waals surface area (Å²) < 4.78 is 47.5. The van der Waals surface area contributed by atoms with E-state index >= 15 is 0 Å². The van der Waals surface area contributed by atoms with Gasteiger partial charge in [0.1, 0.15) is 11.4 Å². The molecule has 1 amide bonds. The van der Waals surface area contributed by atoms with E-state index in [1.807, 2.05) is 20.8 Å². The first kappa shape index (κ1) is 21.4. The Morgan fingerprint density at radius 3 is 2.35 bits per heavy atom. The lowest BCUT2D eigenvalue weighted by molar-refractivity contribution is -0.159. The normalized spacial score (nSPS) is 18.8. The van der Waals surface area contributed by atoms with Gasteiger partial charge in [-0.15, -0.1) is 0 Å². The minimum absolute atomic E-state index is 0.117. The van der Waals surface area contributed by atoms with Gasteiger partial charge in [-0.2, -0.15) is 18.2 Å². The maximum Gasteiger partial charge on any atom is 0.471 e. The zero-order valence-electron chi connectivity index (χ0n) is 17.6. The van der Waals surface area contributed by atoms with Crippen molar-refractivity contribution in [1.82, 2.24) is 20.0 Å². The largest absolute Gasteiger partial charge is 0.471 e. The van der Waals surface area contributed by atoms with Crippen LogP contribution in [0, 0.1) is 5.41 Å². The molecule has 31 heavy (non-hydrogen) atoms. The van der Waals surface area contributed by atoms with E-state index in [0.29, 0.717) is 18.7 Å². The van der Waals surface area contributed by atoms with Crippen molar-refractivity contribution < 1.29 is 27.2 Å². The number of pyridine rings is 1. The summed E-state index contributed by atoms with van der Waals surface area (Å²) in [6.07, 6.45) is -1.65. The second kappa shape index (κ2) is 7.38. The molecule has 8 nitrogen and oxygen atoms in total. The highest BCUT2D eigenvalue weighted by Crippen LogP contribution is 2.41. The van der Waals surface area contributed by atoms with Crippen LogP contribution < -0.4 is 4.90 Å². The van der Waals surface area contributed by atoms with Gasteiger partial charge in [0.25, 0.3) is 0 Å². The molecule has 0 N–H and O–H groups in total. The zero-order valence-corrected chi connectivity index (χ0v) is 17.6. The number of carbonyl (C=O) groups is 1. The number of likely N-dealkylation sites (tertiary alicyclic amines) is 1. The summed E-state index contributed by atoms with van der Waals surface area (Å²) in [6, 6.07) is 3.37. The second-order valence-electron chi connectivity index (χ2n) is 9.15. The fraction of sp³-hybridized carbons (Fsp3) is 0.600. The van der Waals surface area contributed by atoms with Gasteiger partial charge in [-0.3, -0.25) is 0 Å². The molecule has 0 aliphatic carbocycles. The van der Waals surface area contributed by atoms with Crippen LogP contribution in [0.3, 0.4) is 0 Å². The molecule has 0 radical (unpaired) electrons. The number of hydrogen-bond acceptors (Lipinski definition) is 7. The molecule has 2 aliphatic rings. The number of halogens is 3. The molecule has 0 bridgehead atoms. The summed E-state index contributed by atoms with van der Waals surface area (Å²) in [7, 11) is 0. The molecular formula is C20H24F3N5O3. The van der Waals surface area contributed by atoms with E-state index in [9.17, 15) is 18.0 Å². The Hall–Kier alpha value is -2.85. The van der Waals surface area contributed by atoms with Crippen LogP contribution >= 0.6 is 0 Å². The summed E-state index contributed by atoms with van der Waals surface area (Å²) in [6.45, 7) is 8.52. The molecular weight excluding hydrogens is 415 g/mol. The average molecular weight is 439 g/mol. The van der Waals surface area contributed by atoms with Gasteiger partial charge in [0, 0.05) is 43.4 Å². The van der Waals surface area contributed by atoms with Crippen LogP contribution in [0.1, 0.15) is 39.5 Å². The lowest BCUT2D eigenvalue weighted by atomic mass is 9.72. The SMILES string of the molecule is CC(C)(C)OC(=O)N1CC2(CCN(c3ccc(-c4noc(C(F)(F)F)n4)cn3)CC2)C1. The van der Waals surface area contributed by atoms with Crippen molar-refractivity contribution in [3.63, 3.8) is 0 Å². The van der Waals surface area contributed by atoms with Gasteiger partial charge in [-0.25, -0.2) is 9.78 Å². The lowest BCUT2D eigenvalue weighted by Gasteiger charge is -2.53. The highest BCUT2D eigenvalue weighted by Gasteiger charge is 2.48. The summed E-state index contributed by atoms with van der Waals surface area (Å²) in [5.74, 6) is -0.795. The van der Waals surface area contributed by atoms with Crippen molar-refractivity contribution in [2.24, 2.45) is 5.41 Å². The maximum absolute atomic E-state index is 12.6. The van der Waals surface area contributed by atoms with Crippen molar-refractivity contribution in [2.75, 3.05) is 31.1 Å². The number of alkyl halides is 3. The van der Waals surface area contributed by atoms with E-state index in [1.54, 1.807) is 17.0 Å². The Labute approximate surface area is 177 Å². The van der Waals surface area contributed by atoms with Gasteiger partial charge >= 0.3 is 18.2 Å². The fourth-order valence-electron chi connectivity index (χ4n) is 3.91. The summed E-state index contributed by atoms with van der Waals surface area (Å²) in [4.78, 5) is 23.8. The molecule has 0 unspecified atom stereocenters. The second-order valence-corrected chi connectivity index (χ2v) is 9.15. The number of anilines is 1. The number of amides is 1. The van der Waals surface area contributed by atoms with Crippen LogP contribution in [0.4, 0.5) is 23.8 Å². The molecule has 2 saturated heterocycles. The smallest absolute Gasteiger partial charge is 0.444 e. The van der Waals surface area contributed by atoms with E-state index < -0.39 is 17.7 Å². The Kier molecular flexibility index (Phi) is 5.09. The van der Waals surface area contributed by atoms with Crippen molar-refractivity contribution in [3.05, 3.63) is 24.2 Å². The van der Waals surface area contributed by atoms with E-state index in [1.165, 1.54) is 6.20 Å². The van der Waals surface area contributed by atoms with Gasteiger partial charge in [0.15, 0.2) is 0 Å². The first-order chi connectivity index (χ1) is 14.4. The summed E-state index contributed by atoms with van der Waals surface area (Å²) >= 11 is 0. The monoisotopic (exact) mass is 439 g/mol. The third-order valence-electron chi connectivity index (χ3n) is 5.53. The van der Waals surface area contributed by atoms with Crippen LogP contribution in [-0.2, 0) is 10.9 Å². The summed E-state index contributed by atoms with van der Waals surface area (Å²) in [5.41, 5.74) is -0.0357. The molecule has 0 atom stereocenters. The van der Waals surface area contributed by atoms with Crippen LogP contribution in [-0.4, -0.2) is 57.9 Å². The number of piperidine rings is 1. The third-order valence-corrected chi connectivity index (χ3v) is 5.53. The Morgan fingerprint density at radius 2 is 1.84 bits per heavy atom. The van der Waals surface area contributed by atoms with Gasteiger partial charge in [0.2, 0.25) is 5.82 Å². The van der Waals surface area contributed by atoms with E-state index in [0.717, 1.165) is 31.7 Å². The standard InChI is InChI=1S/C20H24F3N5O3/c1-18(2,3)30-17(29)28-11-19(12-28)6-8-27(9-7-19)14-5-4-13(10-24-14)15-25-16(31-26-15)20(21,22)23/h4-5,10H,6-9,11-12H2,1-3H3. The molecule has 11 heteroatoms. The Bertz CT molecular complexity index is 936. The van der Waals surface area contributed by atoms with Gasteiger partial charge in [0.05, 0.1) is 0 Å². The van der Waals surface area contributed by atoms with E-state index in [-0.39, 0.29) is 17.3 Å². The Morgan fingerprint density at radius 1 is 1.16 bits per heavy atom. The van der Waals surface area contributed by atoms with Crippen LogP contribution in [0.15, 0.2) is 22.9 Å². The highest BCUT2D eigenvalue weighted by atomic mass is 19.4. The van der Waals surface area contributed by atoms with Gasteiger partial charge in [-0.1, -0.05) is 5.16 Å². The quantitative estimate of drug-likeness (QED) is 0.700.